The van der Waals surface area contributed by atoms with Crippen molar-refractivity contribution >= 4 is 5.91 Å². The largest absolute Gasteiger partial charge is 0.354 e. The molecule has 0 radical (unpaired) electrons. The van der Waals surface area contributed by atoms with E-state index in [1.807, 2.05) is 14.1 Å². The topological polar surface area (TPSA) is 102 Å². The average molecular weight is 359 g/mol. The minimum atomic E-state index is 0.0278. The van der Waals surface area contributed by atoms with Gasteiger partial charge in [0.1, 0.15) is 11.6 Å². The summed E-state index contributed by atoms with van der Waals surface area (Å²) in [4.78, 5) is 17.7. The lowest BCUT2D eigenvalue weighted by molar-refractivity contribution is -0.120. The van der Waals surface area contributed by atoms with E-state index in [1.54, 1.807) is 6.92 Å². The van der Waals surface area contributed by atoms with Gasteiger partial charge in [-0.2, -0.15) is 4.98 Å². The summed E-state index contributed by atoms with van der Waals surface area (Å²) < 4.78 is 7.37. The van der Waals surface area contributed by atoms with Gasteiger partial charge in [0.25, 0.3) is 0 Å². The molecule has 2 saturated carbocycles. The third-order valence-electron chi connectivity index (χ3n) is 5.14. The Balaban J connectivity index is 1.32. The SMILES string of the molecule is CC(=O)NC1CC(c2nnc(CN(C)Cc3noc(C4CC4)n3)n2C)C1. The number of hydrogen-bond donors (Lipinski definition) is 1. The van der Waals surface area contributed by atoms with Gasteiger partial charge in [-0.1, -0.05) is 5.16 Å². The molecule has 2 aromatic heterocycles. The number of amides is 1. The third kappa shape index (κ3) is 3.62. The van der Waals surface area contributed by atoms with Crippen molar-refractivity contribution in [1.82, 2.24) is 35.1 Å². The van der Waals surface area contributed by atoms with Gasteiger partial charge in [0, 0.05) is 31.8 Å². The Morgan fingerprint density at radius 2 is 2.04 bits per heavy atom. The fourth-order valence-corrected chi connectivity index (χ4v) is 3.47. The van der Waals surface area contributed by atoms with Crippen LogP contribution in [0.1, 0.15) is 67.8 Å². The van der Waals surface area contributed by atoms with Crippen LogP contribution < -0.4 is 5.32 Å². The lowest BCUT2D eigenvalue weighted by Gasteiger charge is -2.34. The Labute approximate surface area is 152 Å². The van der Waals surface area contributed by atoms with Gasteiger partial charge in [0.2, 0.25) is 11.8 Å². The fraction of sp³-hybridized carbons (Fsp3) is 0.706. The van der Waals surface area contributed by atoms with E-state index in [-0.39, 0.29) is 11.9 Å². The highest BCUT2D eigenvalue weighted by atomic mass is 16.5. The zero-order valence-corrected chi connectivity index (χ0v) is 15.5. The summed E-state index contributed by atoms with van der Waals surface area (Å²) in [5.74, 6) is 4.26. The first kappa shape index (κ1) is 17.1. The lowest BCUT2D eigenvalue weighted by Crippen LogP contribution is -2.43. The molecular formula is C17H25N7O2. The Kier molecular flexibility index (Phi) is 4.47. The summed E-state index contributed by atoms with van der Waals surface area (Å²) in [6.07, 6.45) is 4.16. The summed E-state index contributed by atoms with van der Waals surface area (Å²) >= 11 is 0. The van der Waals surface area contributed by atoms with E-state index in [2.05, 4.69) is 35.1 Å². The van der Waals surface area contributed by atoms with Crippen molar-refractivity contribution in [1.29, 1.82) is 0 Å². The first-order valence-corrected chi connectivity index (χ1v) is 9.16. The second-order valence-electron chi connectivity index (χ2n) is 7.59. The van der Waals surface area contributed by atoms with E-state index in [0.717, 1.165) is 43.2 Å². The highest BCUT2D eigenvalue weighted by Crippen LogP contribution is 2.39. The zero-order valence-electron chi connectivity index (χ0n) is 15.5. The molecule has 0 aromatic carbocycles. The van der Waals surface area contributed by atoms with Gasteiger partial charge in [-0.05, 0) is 32.7 Å². The van der Waals surface area contributed by atoms with Crippen LogP contribution in [0.25, 0.3) is 0 Å². The van der Waals surface area contributed by atoms with E-state index in [0.29, 0.717) is 30.7 Å². The van der Waals surface area contributed by atoms with Crippen molar-refractivity contribution in [2.24, 2.45) is 7.05 Å². The van der Waals surface area contributed by atoms with E-state index in [4.69, 9.17) is 4.52 Å². The zero-order chi connectivity index (χ0) is 18.3. The maximum atomic E-state index is 11.1. The molecule has 1 N–H and O–H groups in total. The summed E-state index contributed by atoms with van der Waals surface area (Å²) in [6, 6.07) is 0.263. The molecular weight excluding hydrogens is 334 g/mol. The Morgan fingerprint density at radius 1 is 1.27 bits per heavy atom. The normalized spacial score (nSPS) is 22.5. The van der Waals surface area contributed by atoms with Gasteiger partial charge >= 0.3 is 0 Å². The van der Waals surface area contributed by atoms with Crippen LogP contribution in [0.15, 0.2) is 4.52 Å². The third-order valence-corrected chi connectivity index (χ3v) is 5.14. The smallest absolute Gasteiger partial charge is 0.229 e. The molecule has 0 unspecified atom stereocenters. The maximum Gasteiger partial charge on any atom is 0.229 e. The van der Waals surface area contributed by atoms with E-state index in [9.17, 15) is 4.79 Å². The fourth-order valence-electron chi connectivity index (χ4n) is 3.47. The van der Waals surface area contributed by atoms with Gasteiger partial charge in [-0.3, -0.25) is 9.69 Å². The predicted molar refractivity (Wildman–Crippen MR) is 92.0 cm³/mol. The quantitative estimate of drug-likeness (QED) is 0.789. The Morgan fingerprint density at radius 3 is 2.73 bits per heavy atom. The van der Waals surface area contributed by atoms with E-state index in [1.165, 1.54) is 0 Å². The van der Waals surface area contributed by atoms with E-state index < -0.39 is 0 Å². The van der Waals surface area contributed by atoms with Gasteiger partial charge in [-0.15, -0.1) is 10.2 Å². The van der Waals surface area contributed by atoms with Crippen molar-refractivity contribution in [2.45, 2.75) is 63.6 Å². The van der Waals surface area contributed by atoms with Crippen LogP contribution in [0.2, 0.25) is 0 Å². The van der Waals surface area contributed by atoms with Gasteiger partial charge in [0.05, 0.1) is 13.1 Å². The number of nitrogens with one attached hydrogen (secondary N) is 1. The summed E-state index contributed by atoms with van der Waals surface area (Å²) in [6.45, 7) is 2.84. The second-order valence-corrected chi connectivity index (χ2v) is 7.59. The lowest BCUT2D eigenvalue weighted by atomic mass is 9.79. The van der Waals surface area contributed by atoms with Gasteiger partial charge < -0.3 is 14.4 Å². The minimum absolute atomic E-state index is 0.0278. The summed E-state index contributed by atoms with van der Waals surface area (Å²) in [5.41, 5.74) is 0. The number of hydrogen-bond acceptors (Lipinski definition) is 7. The minimum Gasteiger partial charge on any atom is -0.354 e. The highest BCUT2D eigenvalue weighted by Gasteiger charge is 2.34. The summed E-state index contributed by atoms with van der Waals surface area (Å²) in [7, 11) is 4.02. The van der Waals surface area contributed by atoms with Crippen LogP contribution in [0.5, 0.6) is 0 Å². The molecule has 2 aromatic rings. The first-order valence-electron chi connectivity index (χ1n) is 9.16. The van der Waals surface area contributed by atoms with Crippen molar-refractivity contribution in [2.75, 3.05) is 7.05 Å². The number of carbonyl (C=O) groups excluding carboxylic acids is 1. The van der Waals surface area contributed by atoms with Crippen LogP contribution in [0.3, 0.4) is 0 Å². The number of rotatable bonds is 7. The molecule has 0 spiro atoms. The van der Waals surface area contributed by atoms with Crippen molar-refractivity contribution in [3.63, 3.8) is 0 Å². The molecule has 2 aliphatic rings. The predicted octanol–water partition coefficient (Wildman–Crippen LogP) is 1.09. The molecule has 26 heavy (non-hydrogen) atoms. The molecule has 140 valence electrons. The molecule has 9 nitrogen and oxygen atoms in total. The molecule has 0 saturated heterocycles. The molecule has 0 atom stereocenters. The number of carbonyl (C=O) groups is 1. The molecule has 1 amide bonds. The van der Waals surface area contributed by atoms with Crippen molar-refractivity contribution < 1.29 is 9.32 Å². The van der Waals surface area contributed by atoms with Gasteiger partial charge in [-0.25, -0.2) is 0 Å². The molecule has 2 heterocycles. The Hall–Kier alpha value is -2.29. The summed E-state index contributed by atoms with van der Waals surface area (Å²) in [5, 5.41) is 15.7. The molecule has 0 bridgehead atoms. The van der Waals surface area contributed by atoms with Gasteiger partial charge in [0.15, 0.2) is 5.82 Å². The molecule has 9 heteroatoms. The monoisotopic (exact) mass is 359 g/mol. The molecule has 2 aliphatic carbocycles. The van der Waals surface area contributed by atoms with Crippen LogP contribution in [-0.2, 0) is 24.9 Å². The average Bonchev–Trinajstić information content (AvgIpc) is 3.21. The molecule has 2 fully saturated rings. The molecule has 4 rings (SSSR count). The van der Waals surface area contributed by atoms with Crippen LogP contribution in [0.4, 0.5) is 0 Å². The van der Waals surface area contributed by atoms with Crippen molar-refractivity contribution in [3.8, 4) is 0 Å². The maximum absolute atomic E-state index is 11.1. The number of aromatic nitrogens is 5. The second kappa shape index (κ2) is 6.79. The van der Waals surface area contributed by atoms with E-state index >= 15 is 0 Å². The van der Waals surface area contributed by atoms with Crippen LogP contribution in [-0.4, -0.2) is 48.8 Å². The van der Waals surface area contributed by atoms with Crippen LogP contribution >= 0.6 is 0 Å². The van der Waals surface area contributed by atoms with Crippen molar-refractivity contribution in [3.05, 3.63) is 23.4 Å². The number of nitrogens with zero attached hydrogens (tertiary/aromatic N) is 6. The molecule has 0 aliphatic heterocycles. The van der Waals surface area contributed by atoms with Crippen LogP contribution in [0, 0.1) is 0 Å². The Bertz CT molecular complexity index is 789. The first-order chi connectivity index (χ1) is 12.5. The standard InChI is InChI=1S/C17H25N7O2/c1-10(25)18-13-6-12(7-13)16-21-20-15(24(16)3)9-23(2)8-14-19-17(26-22-14)11-4-5-11/h11-13H,4-9H2,1-3H3,(H,18,25). The highest BCUT2D eigenvalue weighted by molar-refractivity contribution is 5.73.